The van der Waals surface area contributed by atoms with Gasteiger partial charge in [0.25, 0.3) is 6.79 Å². The Hall–Kier alpha value is -6.39. The van der Waals surface area contributed by atoms with Crippen molar-refractivity contribution in [3.8, 4) is 11.5 Å². The molecule has 1 N–H and O–H groups in total. The highest BCUT2D eigenvalue weighted by Gasteiger charge is 2.41. The van der Waals surface area contributed by atoms with Crippen LogP contribution in [-0.2, 0) is 26.4 Å². The first-order valence-electron chi connectivity index (χ1n) is 17.8. The summed E-state index contributed by atoms with van der Waals surface area (Å²) in [7, 11) is 3.18. The van der Waals surface area contributed by atoms with Crippen LogP contribution in [0.3, 0.4) is 0 Å². The minimum Gasteiger partial charge on any atom is -0.497 e. The van der Waals surface area contributed by atoms with Crippen LogP contribution in [0.4, 0.5) is 0 Å². The minimum absolute atomic E-state index is 0.00174. The second-order valence-electron chi connectivity index (χ2n) is 12.9. The highest BCUT2D eigenvalue weighted by Crippen LogP contribution is 2.38. The zero-order valence-corrected chi connectivity index (χ0v) is 30.2. The van der Waals surface area contributed by atoms with Crippen molar-refractivity contribution in [2.24, 2.45) is 5.92 Å². The lowest BCUT2D eigenvalue weighted by Crippen LogP contribution is -2.53. The summed E-state index contributed by atoms with van der Waals surface area (Å²) in [6, 6.07) is 42.9. The fourth-order valence-corrected chi connectivity index (χ4v) is 6.83. The molecule has 2 atom stereocenters. The van der Waals surface area contributed by atoms with E-state index in [1.54, 1.807) is 20.3 Å². The van der Waals surface area contributed by atoms with Gasteiger partial charge in [-0.15, -0.1) is 5.10 Å². The van der Waals surface area contributed by atoms with Gasteiger partial charge in [-0.05, 0) is 77.1 Å². The van der Waals surface area contributed by atoms with Gasteiger partial charge in [0.1, 0.15) is 40.9 Å². The van der Waals surface area contributed by atoms with Crippen LogP contribution >= 0.6 is 0 Å². The molecule has 0 saturated heterocycles. The average molecular weight is 723 g/mol. The Balaban J connectivity index is 1.15. The summed E-state index contributed by atoms with van der Waals surface area (Å²) < 4.78 is 23.0. The van der Waals surface area contributed by atoms with E-state index >= 15 is 0 Å². The predicted molar refractivity (Wildman–Crippen MR) is 205 cm³/mol. The zero-order valence-electron chi connectivity index (χ0n) is 30.2. The third-order valence-corrected chi connectivity index (χ3v) is 9.57. The molecule has 2 unspecified atom stereocenters. The summed E-state index contributed by atoms with van der Waals surface area (Å²) >= 11 is 0. The van der Waals surface area contributed by atoms with E-state index in [2.05, 4.69) is 58.1 Å². The Morgan fingerprint density at radius 1 is 0.833 bits per heavy atom. The van der Waals surface area contributed by atoms with E-state index < -0.39 is 11.6 Å². The van der Waals surface area contributed by atoms with Crippen LogP contribution < -0.4 is 19.6 Å². The van der Waals surface area contributed by atoms with Crippen molar-refractivity contribution in [1.29, 1.82) is 0 Å². The molecule has 1 aliphatic carbocycles. The summed E-state index contributed by atoms with van der Waals surface area (Å²) in [4.78, 5) is 21.5. The summed E-state index contributed by atoms with van der Waals surface area (Å²) in [5.41, 5.74) is 4.30. The number of aromatic nitrogens is 3. The van der Waals surface area contributed by atoms with Crippen LogP contribution in [-0.4, -0.2) is 48.2 Å². The van der Waals surface area contributed by atoms with Gasteiger partial charge in [0.15, 0.2) is 0 Å². The van der Waals surface area contributed by atoms with Crippen LogP contribution in [0.1, 0.15) is 35.1 Å². The SMILES string of the molecule is COc1ccc(COC(=O)C(CC2C=CC(OCOn3nnc4ccccc43)=CC2)NC(c2ccccc2)(c2ccccc2)c2ccccc2)c(OC)c1. The van der Waals surface area contributed by atoms with Crippen LogP contribution in [0.2, 0.25) is 0 Å². The molecule has 6 aromatic rings. The number of para-hydroxylation sites is 1. The molecule has 0 bridgehead atoms. The van der Waals surface area contributed by atoms with Crippen molar-refractivity contribution in [3.63, 3.8) is 0 Å². The van der Waals surface area contributed by atoms with Crippen molar-refractivity contribution >= 4 is 17.0 Å². The van der Waals surface area contributed by atoms with E-state index in [9.17, 15) is 4.79 Å². The predicted octanol–water partition coefficient (Wildman–Crippen LogP) is 7.40. The Morgan fingerprint density at radius 3 is 2.09 bits per heavy atom. The lowest BCUT2D eigenvalue weighted by atomic mass is 9.76. The Morgan fingerprint density at radius 2 is 1.48 bits per heavy atom. The Kier molecular flexibility index (Phi) is 11.3. The molecule has 7 rings (SSSR count). The van der Waals surface area contributed by atoms with Crippen LogP contribution in [0, 0.1) is 5.92 Å². The number of nitrogens with one attached hydrogen (secondary N) is 1. The molecule has 0 radical (unpaired) electrons. The molecule has 10 nitrogen and oxygen atoms in total. The van der Waals surface area contributed by atoms with E-state index in [0.717, 1.165) is 33.3 Å². The minimum atomic E-state index is -0.892. The van der Waals surface area contributed by atoms with E-state index in [1.165, 1.54) is 4.85 Å². The monoisotopic (exact) mass is 722 g/mol. The van der Waals surface area contributed by atoms with Gasteiger partial charge in [-0.1, -0.05) is 114 Å². The number of rotatable bonds is 16. The zero-order chi connectivity index (χ0) is 37.2. The number of hydrogen-bond acceptors (Lipinski definition) is 9. The average Bonchev–Trinajstić information content (AvgIpc) is 3.65. The number of nitrogens with zero attached hydrogens (tertiary/aromatic N) is 3. The van der Waals surface area contributed by atoms with Crippen molar-refractivity contribution in [2.75, 3.05) is 21.0 Å². The van der Waals surface area contributed by atoms with Crippen LogP contribution in [0.5, 0.6) is 11.5 Å². The number of allylic oxidation sites excluding steroid dienone is 3. The molecule has 0 saturated carbocycles. The van der Waals surface area contributed by atoms with E-state index in [4.69, 9.17) is 23.8 Å². The Labute approximate surface area is 314 Å². The molecule has 274 valence electrons. The van der Waals surface area contributed by atoms with E-state index in [0.29, 0.717) is 30.1 Å². The van der Waals surface area contributed by atoms with Gasteiger partial charge in [0.05, 0.1) is 19.8 Å². The highest BCUT2D eigenvalue weighted by molar-refractivity contribution is 5.77. The molecule has 1 aromatic heterocycles. The molecule has 1 aliphatic rings. The van der Waals surface area contributed by atoms with Gasteiger partial charge in [0, 0.05) is 11.6 Å². The van der Waals surface area contributed by atoms with Gasteiger partial charge in [-0.25, -0.2) is 0 Å². The summed E-state index contributed by atoms with van der Waals surface area (Å²) in [5.74, 6) is 1.51. The number of carbonyl (C=O) groups excluding carboxylic acids is 1. The maximum Gasteiger partial charge on any atom is 0.323 e. The first kappa shape index (κ1) is 36.0. The number of ether oxygens (including phenoxy) is 4. The smallest absolute Gasteiger partial charge is 0.323 e. The summed E-state index contributed by atoms with van der Waals surface area (Å²) in [5, 5.41) is 12.0. The van der Waals surface area contributed by atoms with Gasteiger partial charge in [0.2, 0.25) is 0 Å². The fraction of sp³-hybridized carbons (Fsp3) is 0.205. The lowest BCUT2D eigenvalue weighted by Gasteiger charge is -2.40. The van der Waals surface area contributed by atoms with Gasteiger partial charge in [-0.3, -0.25) is 10.1 Å². The molecule has 0 aliphatic heterocycles. The summed E-state index contributed by atoms with van der Waals surface area (Å²) in [6.07, 6.45) is 7.10. The summed E-state index contributed by atoms with van der Waals surface area (Å²) in [6.45, 7) is -0.0219. The number of carbonyl (C=O) groups is 1. The number of hydrogen-bond donors (Lipinski definition) is 1. The van der Waals surface area contributed by atoms with Crippen molar-refractivity contribution in [1.82, 2.24) is 20.5 Å². The molecule has 0 fully saturated rings. The maximum atomic E-state index is 14.5. The van der Waals surface area contributed by atoms with Gasteiger partial charge < -0.3 is 23.8 Å². The van der Waals surface area contributed by atoms with Crippen LogP contribution in [0.25, 0.3) is 11.0 Å². The third kappa shape index (κ3) is 7.99. The molecule has 0 amide bonds. The van der Waals surface area contributed by atoms with E-state index in [1.807, 2.05) is 103 Å². The topological polar surface area (TPSA) is 106 Å². The van der Waals surface area contributed by atoms with Crippen molar-refractivity contribution < 1.29 is 28.6 Å². The normalized spacial score (nSPS) is 14.6. The molecule has 0 spiro atoms. The molecule has 54 heavy (non-hydrogen) atoms. The molecule has 5 aromatic carbocycles. The highest BCUT2D eigenvalue weighted by atomic mass is 16.8. The van der Waals surface area contributed by atoms with Crippen molar-refractivity contribution in [2.45, 2.75) is 31.0 Å². The largest absolute Gasteiger partial charge is 0.497 e. The van der Waals surface area contributed by atoms with Gasteiger partial charge >= 0.3 is 5.97 Å². The number of benzene rings is 5. The number of esters is 1. The Bertz CT molecular complexity index is 2110. The quantitative estimate of drug-likeness (QED) is 0.0622. The maximum absolute atomic E-state index is 14.5. The number of methoxy groups -OCH3 is 2. The van der Waals surface area contributed by atoms with Crippen molar-refractivity contribution in [3.05, 3.63) is 180 Å². The third-order valence-electron chi connectivity index (χ3n) is 9.57. The number of fused-ring (bicyclic) bond motifs is 1. The molecular weight excluding hydrogens is 681 g/mol. The fourth-order valence-electron chi connectivity index (χ4n) is 6.83. The van der Waals surface area contributed by atoms with Crippen LogP contribution in [0.15, 0.2) is 157 Å². The molecule has 1 heterocycles. The lowest BCUT2D eigenvalue weighted by molar-refractivity contribution is -0.148. The molecule has 10 heteroatoms. The van der Waals surface area contributed by atoms with E-state index in [-0.39, 0.29) is 25.3 Å². The first-order valence-corrected chi connectivity index (χ1v) is 17.8. The molecular formula is C44H42N4O6. The standard InChI is InChI=1S/C44H42N4O6/c1-50-38-27-24-33(42(29-38)51-2)30-52-43(49)40(28-32-22-25-37(26-23-32)53-31-54-48-41-21-13-12-20-39(41)46-47-48)45-44(34-14-6-3-7-15-34,35-16-8-4-9-17-35)36-18-10-5-11-19-36/h3-22,24-27,29,32,40,45H,23,28,30-31H2,1-2H3. The second kappa shape index (κ2) is 17.0. The first-order chi connectivity index (χ1) is 26.6. The second-order valence-corrected chi connectivity index (χ2v) is 12.9. The van der Waals surface area contributed by atoms with Gasteiger partial charge in [-0.2, -0.15) is 0 Å².